The van der Waals surface area contributed by atoms with E-state index < -0.39 is 17.5 Å². The minimum Gasteiger partial charge on any atom is -0.481 e. The number of carboxylic acids is 1. The molecule has 0 radical (unpaired) electrons. The van der Waals surface area contributed by atoms with E-state index in [2.05, 4.69) is 4.98 Å². The van der Waals surface area contributed by atoms with Gasteiger partial charge < -0.3 is 15.1 Å². The first-order chi connectivity index (χ1) is 14.0. The molecule has 1 aliphatic rings. The van der Waals surface area contributed by atoms with Crippen molar-refractivity contribution in [1.29, 1.82) is 0 Å². The van der Waals surface area contributed by atoms with Crippen molar-refractivity contribution in [3.8, 4) is 11.3 Å². The van der Waals surface area contributed by atoms with Crippen molar-refractivity contribution in [2.75, 3.05) is 18.0 Å². The molecule has 2 aromatic carbocycles. The van der Waals surface area contributed by atoms with Gasteiger partial charge in [0.25, 0.3) is 0 Å². The lowest BCUT2D eigenvalue weighted by Crippen LogP contribution is -2.57. The number of aliphatic hydroxyl groups excluding tert-OH is 1. The standard InChI is InChI=1S/C22H21FN2O3S/c23-17-8-6-16(7-9-17)18-13-29-21(24-18)25-11-10-19(26)22(14-25,20(27)28)12-15-4-2-1-3-5-15/h1-9,13,19,26H,10-12,14H2,(H,27,28)/t19-,22-/m0/s1. The average molecular weight is 412 g/mol. The zero-order chi connectivity index (χ0) is 20.4. The molecular weight excluding hydrogens is 391 g/mol. The van der Waals surface area contributed by atoms with Crippen LogP contribution in [0.3, 0.4) is 0 Å². The van der Waals surface area contributed by atoms with Crippen LogP contribution in [0.4, 0.5) is 9.52 Å². The Labute approximate surface area is 172 Å². The first-order valence-electron chi connectivity index (χ1n) is 9.40. The molecule has 3 aromatic rings. The van der Waals surface area contributed by atoms with Crippen LogP contribution in [0.15, 0.2) is 60.0 Å². The number of carboxylic acid groups (broad SMARTS) is 1. The number of benzene rings is 2. The van der Waals surface area contributed by atoms with Gasteiger partial charge in [-0.25, -0.2) is 9.37 Å². The van der Waals surface area contributed by atoms with E-state index in [-0.39, 0.29) is 18.8 Å². The topological polar surface area (TPSA) is 73.7 Å². The van der Waals surface area contributed by atoms with Crippen LogP contribution in [-0.4, -0.2) is 40.4 Å². The number of aliphatic carboxylic acids is 1. The van der Waals surface area contributed by atoms with E-state index >= 15 is 0 Å². The van der Waals surface area contributed by atoms with Gasteiger partial charge in [0, 0.05) is 24.0 Å². The van der Waals surface area contributed by atoms with Crippen LogP contribution < -0.4 is 4.90 Å². The monoisotopic (exact) mass is 412 g/mol. The molecule has 1 saturated heterocycles. The van der Waals surface area contributed by atoms with Crippen LogP contribution in [-0.2, 0) is 11.2 Å². The summed E-state index contributed by atoms with van der Waals surface area (Å²) in [6.07, 6.45) is -0.338. The summed E-state index contributed by atoms with van der Waals surface area (Å²) < 4.78 is 13.2. The van der Waals surface area contributed by atoms with Crippen LogP contribution in [0.1, 0.15) is 12.0 Å². The highest BCUT2D eigenvalue weighted by Gasteiger charge is 2.49. The molecule has 1 aromatic heterocycles. The third kappa shape index (κ3) is 3.88. The Kier molecular flexibility index (Phi) is 5.34. The molecule has 2 N–H and O–H groups in total. The Morgan fingerprint density at radius 3 is 2.62 bits per heavy atom. The third-order valence-corrected chi connectivity index (χ3v) is 6.38. The van der Waals surface area contributed by atoms with E-state index in [1.54, 1.807) is 12.1 Å². The summed E-state index contributed by atoms with van der Waals surface area (Å²) in [5.41, 5.74) is 1.10. The third-order valence-electron chi connectivity index (χ3n) is 5.47. The van der Waals surface area contributed by atoms with E-state index in [4.69, 9.17) is 0 Å². The van der Waals surface area contributed by atoms with E-state index in [1.165, 1.54) is 23.5 Å². The fraction of sp³-hybridized carbons (Fsp3) is 0.273. The highest BCUT2D eigenvalue weighted by Crippen LogP contribution is 2.38. The van der Waals surface area contributed by atoms with Crippen molar-refractivity contribution in [3.05, 3.63) is 71.4 Å². The Morgan fingerprint density at radius 2 is 1.93 bits per heavy atom. The minimum absolute atomic E-state index is 0.175. The van der Waals surface area contributed by atoms with Gasteiger partial charge in [-0.1, -0.05) is 30.3 Å². The molecule has 0 aliphatic carbocycles. The molecule has 0 saturated carbocycles. The van der Waals surface area contributed by atoms with Gasteiger partial charge in [-0.05, 0) is 42.7 Å². The number of hydrogen-bond acceptors (Lipinski definition) is 5. The molecule has 1 fully saturated rings. The van der Waals surface area contributed by atoms with E-state index in [1.807, 2.05) is 40.6 Å². The summed E-state index contributed by atoms with van der Waals surface area (Å²) in [5, 5.41) is 23.3. The molecule has 2 atom stereocenters. The van der Waals surface area contributed by atoms with Crippen LogP contribution >= 0.6 is 11.3 Å². The molecule has 7 heteroatoms. The number of piperidine rings is 1. The van der Waals surface area contributed by atoms with Gasteiger partial charge in [0.05, 0.1) is 11.8 Å². The molecule has 2 heterocycles. The summed E-state index contributed by atoms with van der Waals surface area (Å²) in [4.78, 5) is 18.9. The fourth-order valence-electron chi connectivity index (χ4n) is 3.83. The Balaban J connectivity index is 1.61. The summed E-state index contributed by atoms with van der Waals surface area (Å²) in [6.45, 7) is 0.704. The molecule has 150 valence electrons. The number of anilines is 1. The quantitative estimate of drug-likeness (QED) is 0.666. The number of halogens is 1. The lowest BCUT2D eigenvalue weighted by atomic mass is 9.73. The number of aromatic nitrogens is 1. The Bertz CT molecular complexity index is 993. The molecule has 0 bridgehead atoms. The lowest BCUT2D eigenvalue weighted by molar-refractivity contribution is -0.157. The summed E-state index contributed by atoms with van der Waals surface area (Å²) in [6, 6.07) is 15.5. The largest absolute Gasteiger partial charge is 0.481 e. The van der Waals surface area contributed by atoms with E-state index in [0.29, 0.717) is 18.1 Å². The maximum Gasteiger partial charge on any atom is 0.314 e. The number of carbonyl (C=O) groups is 1. The van der Waals surface area contributed by atoms with Gasteiger partial charge in [-0.2, -0.15) is 0 Å². The van der Waals surface area contributed by atoms with Crippen molar-refractivity contribution in [3.63, 3.8) is 0 Å². The van der Waals surface area contributed by atoms with Crippen molar-refractivity contribution in [2.24, 2.45) is 5.41 Å². The summed E-state index contributed by atoms with van der Waals surface area (Å²) >= 11 is 1.42. The van der Waals surface area contributed by atoms with Crippen molar-refractivity contribution in [2.45, 2.75) is 18.9 Å². The lowest BCUT2D eigenvalue weighted by Gasteiger charge is -2.43. The van der Waals surface area contributed by atoms with Gasteiger partial charge in [0.1, 0.15) is 11.2 Å². The van der Waals surface area contributed by atoms with Gasteiger partial charge >= 0.3 is 5.97 Å². The fourth-order valence-corrected chi connectivity index (χ4v) is 4.69. The normalized spacial score (nSPS) is 21.9. The van der Waals surface area contributed by atoms with Crippen molar-refractivity contribution >= 4 is 22.4 Å². The SMILES string of the molecule is O=C(O)[C@@]1(Cc2ccccc2)CN(c2nc(-c3ccc(F)cc3)cs2)CC[C@@H]1O. The first-order valence-corrected chi connectivity index (χ1v) is 10.3. The zero-order valence-corrected chi connectivity index (χ0v) is 16.5. The molecule has 0 unspecified atom stereocenters. The van der Waals surface area contributed by atoms with Crippen LogP contribution in [0.2, 0.25) is 0 Å². The molecule has 5 nitrogen and oxygen atoms in total. The van der Waals surface area contributed by atoms with Gasteiger partial charge in [0.2, 0.25) is 0 Å². The Hall–Kier alpha value is -2.77. The summed E-state index contributed by atoms with van der Waals surface area (Å²) in [7, 11) is 0. The highest BCUT2D eigenvalue weighted by molar-refractivity contribution is 7.14. The van der Waals surface area contributed by atoms with Crippen LogP contribution in [0.5, 0.6) is 0 Å². The van der Waals surface area contributed by atoms with Crippen molar-refractivity contribution in [1.82, 2.24) is 4.98 Å². The highest BCUT2D eigenvalue weighted by atomic mass is 32.1. The van der Waals surface area contributed by atoms with Crippen molar-refractivity contribution < 1.29 is 19.4 Å². The summed E-state index contributed by atoms with van der Waals surface area (Å²) in [5.74, 6) is -1.31. The molecule has 1 aliphatic heterocycles. The van der Waals surface area contributed by atoms with Gasteiger partial charge in [-0.3, -0.25) is 4.79 Å². The number of hydrogen-bond donors (Lipinski definition) is 2. The van der Waals surface area contributed by atoms with E-state index in [9.17, 15) is 19.4 Å². The number of aliphatic hydroxyl groups is 1. The second-order valence-electron chi connectivity index (χ2n) is 7.37. The number of thiazole rings is 1. The predicted octanol–water partition coefficient (Wildman–Crippen LogP) is 3.83. The first kappa shape index (κ1) is 19.5. The Morgan fingerprint density at radius 1 is 1.21 bits per heavy atom. The molecule has 4 rings (SSSR count). The van der Waals surface area contributed by atoms with Crippen LogP contribution in [0.25, 0.3) is 11.3 Å². The maximum absolute atomic E-state index is 13.2. The van der Waals surface area contributed by atoms with Gasteiger partial charge in [-0.15, -0.1) is 11.3 Å². The molecule has 0 amide bonds. The second-order valence-corrected chi connectivity index (χ2v) is 8.21. The molecular formula is C22H21FN2O3S. The zero-order valence-electron chi connectivity index (χ0n) is 15.7. The predicted molar refractivity (Wildman–Crippen MR) is 111 cm³/mol. The minimum atomic E-state index is -1.30. The average Bonchev–Trinajstić information content (AvgIpc) is 3.21. The molecule has 29 heavy (non-hydrogen) atoms. The second kappa shape index (κ2) is 7.93. The molecule has 0 spiro atoms. The number of nitrogens with zero attached hydrogens (tertiary/aromatic N) is 2. The smallest absolute Gasteiger partial charge is 0.314 e. The van der Waals surface area contributed by atoms with E-state index in [0.717, 1.165) is 16.8 Å². The number of rotatable bonds is 5. The maximum atomic E-state index is 13.2. The van der Waals surface area contributed by atoms with Gasteiger partial charge in [0.15, 0.2) is 5.13 Å². The van der Waals surface area contributed by atoms with Crippen LogP contribution in [0, 0.1) is 11.2 Å².